The van der Waals surface area contributed by atoms with Crippen molar-refractivity contribution < 1.29 is 18.3 Å². The third-order valence-corrected chi connectivity index (χ3v) is 6.09. The number of hydrogen-bond acceptors (Lipinski definition) is 3. The van der Waals surface area contributed by atoms with Crippen LogP contribution in [0.15, 0.2) is 30.3 Å². The lowest BCUT2D eigenvalue weighted by molar-refractivity contribution is -0.117. The summed E-state index contributed by atoms with van der Waals surface area (Å²) < 4.78 is 30.3. The lowest BCUT2D eigenvalue weighted by atomic mass is 9.92. The smallest absolute Gasteiger partial charge is 0.238 e. The second-order valence-electron chi connectivity index (χ2n) is 10.6. The number of amides is 1. The summed E-state index contributed by atoms with van der Waals surface area (Å²) >= 11 is 0. The average molecular weight is 473 g/mol. The van der Waals surface area contributed by atoms with E-state index in [9.17, 15) is 13.6 Å². The zero-order chi connectivity index (χ0) is 24.9. The molecule has 0 spiro atoms. The highest BCUT2D eigenvalue weighted by atomic mass is 19.3. The molecule has 1 amide bonds. The van der Waals surface area contributed by atoms with Crippen LogP contribution in [0.25, 0.3) is 0 Å². The molecule has 2 aromatic rings. The van der Waals surface area contributed by atoms with Crippen molar-refractivity contribution in [2.75, 3.05) is 23.4 Å². The van der Waals surface area contributed by atoms with Gasteiger partial charge in [-0.05, 0) is 85.0 Å². The number of carbonyl (C=O) groups is 1. The van der Waals surface area contributed by atoms with Gasteiger partial charge in [0.2, 0.25) is 12.3 Å². The highest BCUT2D eigenvalue weighted by molar-refractivity contribution is 5.93. The number of ether oxygens (including phenoxy) is 1. The van der Waals surface area contributed by atoms with Crippen LogP contribution in [0.3, 0.4) is 0 Å². The van der Waals surface area contributed by atoms with E-state index in [1.54, 1.807) is 0 Å². The fourth-order valence-electron chi connectivity index (χ4n) is 4.46. The molecule has 6 heteroatoms. The standard InChI is InChI=1S/C28H38F2N2O2/c1-19-14-23(15-20(2)27(19)31-26(33)17-28(3,4)5)32-12-6-8-21-16-24(11-10-22(21)18-32)34-13-7-9-25(29)30/h10-11,14-16,25H,6-9,12-13,17-18H2,1-5H3,(H,31,33). The molecule has 1 heterocycles. The van der Waals surface area contributed by atoms with Gasteiger partial charge in [0.15, 0.2) is 0 Å². The number of hydrogen-bond donors (Lipinski definition) is 1. The Bertz CT molecular complexity index is 975. The maximum Gasteiger partial charge on any atom is 0.238 e. The summed E-state index contributed by atoms with van der Waals surface area (Å²) in [6.07, 6.45) is 0.408. The molecule has 0 aromatic heterocycles. The average Bonchev–Trinajstić information content (AvgIpc) is 2.94. The lowest BCUT2D eigenvalue weighted by Gasteiger charge is -2.26. The summed E-state index contributed by atoms with van der Waals surface area (Å²) in [4.78, 5) is 14.9. The van der Waals surface area contributed by atoms with E-state index in [1.807, 2.05) is 19.9 Å². The topological polar surface area (TPSA) is 41.6 Å². The monoisotopic (exact) mass is 472 g/mol. The third-order valence-electron chi connectivity index (χ3n) is 6.09. The van der Waals surface area contributed by atoms with Gasteiger partial charge < -0.3 is 15.0 Å². The predicted octanol–water partition coefficient (Wildman–Crippen LogP) is 7.06. The number of benzene rings is 2. The van der Waals surface area contributed by atoms with Crippen molar-refractivity contribution >= 4 is 17.3 Å². The van der Waals surface area contributed by atoms with Crippen molar-refractivity contribution in [2.45, 2.75) is 79.7 Å². The SMILES string of the molecule is Cc1cc(N2CCCc3cc(OCCCC(F)F)ccc3C2)cc(C)c1NC(=O)CC(C)(C)C. The first-order chi connectivity index (χ1) is 16.0. The van der Waals surface area contributed by atoms with Gasteiger partial charge in [0.05, 0.1) is 6.61 Å². The Balaban J connectivity index is 1.70. The van der Waals surface area contributed by atoms with Gasteiger partial charge >= 0.3 is 0 Å². The Morgan fingerprint density at radius 3 is 2.47 bits per heavy atom. The number of alkyl halides is 2. The molecule has 0 atom stereocenters. The molecule has 0 saturated heterocycles. The summed E-state index contributed by atoms with van der Waals surface area (Å²) in [5.74, 6) is 0.797. The summed E-state index contributed by atoms with van der Waals surface area (Å²) in [5.41, 5.74) is 6.65. The number of rotatable bonds is 8. The molecule has 0 saturated carbocycles. The van der Waals surface area contributed by atoms with E-state index in [-0.39, 0.29) is 17.7 Å². The Morgan fingerprint density at radius 2 is 1.82 bits per heavy atom. The summed E-state index contributed by atoms with van der Waals surface area (Å²) in [6.45, 7) is 12.3. The van der Waals surface area contributed by atoms with Crippen LogP contribution in [-0.2, 0) is 17.8 Å². The quantitative estimate of drug-likeness (QED) is 0.418. The Kier molecular flexibility index (Phi) is 8.56. The minimum Gasteiger partial charge on any atom is -0.494 e. The van der Waals surface area contributed by atoms with Crippen molar-refractivity contribution in [1.82, 2.24) is 0 Å². The molecule has 2 aromatic carbocycles. The van der Waals surface area contributed by atoms with Crippen LogP contribution in [0.4, 0.5) is 20.2 Å². The van der Waals surface area contributed by atoms with Crippen LogP contribution in [-0.4, -0.2) is 25.5 Å². The molecule has 186 valence electrons. The molecule has 4 nitrogen and oxygen atoms in total. The fourth-order valence-corrected chi connectivity index (χ4v) is 4.46. The van der Waals surface area contributed by atoms with E-state index in [1.165, 1.54) is 11.1 Å². The van der Waals surface area contributed by atoms with Crippen LogP contribution in [0, 0.1) is 19.3 Å². The molecule has 0 fully saturated rings. The number of nitrogens with zero attached hydrogens (tertiary/aromatic N) is 1. The fraction of sp³-hybridized carbons (Fsp3) is 0.536. The Hall–Kier alpha value is -2.63. The molecule has 1 N–H and O–H groups in total. The second-order valence-corrected chi connectivity index (χ2v) is 10.6. The van der Waals surface area contributed by atoms with E-state index < -0.39 is 6.43 Å². The largest absolute Gasteiger partial charge is 0.494 e. The zero-order valence-electron chi connectivity index (χ0n) is 21.1. The normalized spacial score (nSPS) is 14.1. The first-order valence-electron chi connectivity index (χ1n) is 12.2. The molecule has 1 aliphatic heterocycles. The summed E-state index contributed by atoms with van der Waals surface area (Å²) in [6, 6.07) is 10.4. The van der Waals surface area contributed by atoms with Gasteiger partial charge in [-0.3, -0.25) is 4.79 Å². The minimum absolute atomic E-state index is 0.0439. The second kappa shape index (κ2) is 11.2. The molecular formula is C28H38F2N2O2. The van der Waals surface area contributed by atoms with Crippen molar-refractivity contribution in [3.63, 3.8) is 0 Å². The number of nitrogens with one attached hydrogen (secondary N) is 1. The van der Waals surface area contributed by atoms with Gasteiger partial charge in [0.1, 0.15) is 5.75 Å². The Morgan fingerprint density at radius 1 is 1.12 bits per heavy atom. The van der Waals surface area contributed by atoms with Crippen LogP contribution in [0.2, 0.25) is 0 Å². The van der Waals surface area contributed by atoms with Crippen molar-refractivity contribution in [3.05, 3.63) is 52.6 Å². The van der Waals surface area contributed by atoms with E-state index >= 15 is 0 Å². The lowest BCUT2D eigenvalue weighted by Crippen LogP contribution is -2.23. The van der Waals surface area contributed by atoms with Gasteiger partial charge in [-0.1, -0.05) is 26.8 Å². The number of anilines is 2. The van der Waals surface area contributed by atoms with Crippen molar-refractivity contribution in [3.8, 4) is 5.75 Å². The van der Waals surface area contributed by atoms with Crippen LogP contribution < -0.4 is 15.0 Å². The highest BCUT2D eigenvalue weighted by Crippen LogP contribution is 2.32. The molecule has 0 aliphatic carbocycles. The maximum absolute atomic E-state index is 12.5. The highest BCUT2D eigenvalue weighted by Gasteiger charge is 2.20. The molecular weight excluding hydrogens is 434 g/mol. The van der Waals surface area contributed by atoms with Gasteiger partial charge in [-0.2, -0.15) is 0 Å². The van der Waals surface area contributed by atoms with Crippen LogP contribution in [0.1, 0.15) is 68.7 Å². The molecule has 0 unspecified atom stereocenters. The zero-order valence-corrected chi connectivity index (χ0v) is 21.1. The number of aryl methyl sites for hydroxylation is 3. The van der Waals surface area contributed by atoms with E-state index in [0.717, 1.165) is 54.2 Å². The van der Waals surface area contributed by atoms with Crippen molar-refractivity contribution in [2.24, 2.45) is 5.41 Å². The van der Waals surface area contributed by atoms with Gasteiger partial charge in [-0.15, -0.1) is 0 Å². The van der Waals surface area contributed by atoms with E-state index in [2.05, 4.69) is 55.3 Å². The molecule has 1 aliphatic rings. The van der Waals surface area contributed by atoms with Gasteiger partial charge in [0.25, 0.3) is 0 Å². The Labute approximate surface area is 202 Å². The first-order valence-corrected chi connectivity index (χ1v) is 12.2. The van der Waals surface area contributed by atoms with Crippen LogP contribution >= 0.6 is 0 Å². The van der Waals surface area contributed by atoms with E-state index in [0.29, 0.717) is 19.4 Å². The maximum atomic E-state index is 12.5. The molecule has 0 radical (unpaired) electrons. The van der Waals surface area contributed by atoms with Gasteiger partial charge in [-0.25, -0.2) is 8.78 Å². The molecule has 3 rings (SSSR count). The minimum atomic E-state index is -2.28. The summed E-state index contributed by atoms with van der Waals surface area (Å²) in [7, 11) is 0. The van der Waals surface area contributed by atoms with E-state index in [4.69, 9.17) is 4.74 Å². The predicted molar refractivity (Wildman–Crippen MR) is 135 cm³/mol. The molecule has 34 heavy (non-hydrogen) atoms. The summed E-state index contributed by atoms with van der Waals surface area (Å²) in [5, 5.41) is 3.11. The number of fused-ring (bicyclic) bond motifs is 1. The van der Waals surface area contributed by atoms with Crippen molar-refractivity contribution in [1.29, 1.82) is 0 Å². The van der Waals surface area contributed by atoms with Crippen LogP contribution in [0.5, 0.6) is 5.75 Å². The third kappa shape index (κ3) is 7.44. The van der Waals surface area contributed by atoms with Gasteiger partial charge in [0, 0.05) is 37.3 Å². The number of halogens is 2. The first kappa shape index (κ1) is 26.0. The number of carbonyl (C=O) groups excluding carboxylic acids is 1. The molecule has 0 bridgehead atoms.